The van der Waals surface area contributed by atoms with Crippen LogP contribution in [0.15, 0.2) is 4.99 Å². The minimum absolute atomic E-state index is 0.0202. The maximum Gasteiger partial charge on any atom is 0.207 e. The molecule has 0 aromatic carbocycles. The summed E-state index contributed by atoms with van der Waals surface area (Å²) in [7, 11) is 0. The number of nitrogens with two attached hydrogens (primary N) is 2. The van der Waals surface area contributed by atoms with Gasteiger partial charge >= 0.3 is 0 Å². The summed E-state index contributed by atoms with van der Waals surface area (Å²) in [5.41, 5.74) is 10.3. The normalized spacial score (nSPS) is 11.5. The van der Waals surface area contributed by atoms with Crippen LogP contribution < -0.4 is 16.8 Å². The first kappa shape index (κ1) is 13.4. The van der Waals surface area contributed by atoms with Gasteiger partial charge in [-0.2, -0.15) is 0 Å². The number of hydrogen-bond acceptors (Lipinski definition) is 3. The molecule has 0 bridgehead atoms. The maximum absolute atomic E-state index is 11.3. The van der Waals surface area contributed by atoms with E-state index in [0.717, 1.165) is 0 Å². The molecule has 0 saturated carbocycles. The molecule has 0 heterocycles. The minimum Gasteiger partial charge on any atom is -0.370 e. The van der Waals surface area contributed by atoms with Gasteiger partial charge in [0.2, 0.25) is 6.41 Å². The highest BCUT2D eigenvalue weighted by Crippen LogP contribution is 2.01. The van der Waals surface area contributed by atoms with E-state index in [1.165, 1.54) is 0 Å². The van der Waals surface area contributed by atoms with Gasteiger partial charge in [0.25, 0.3) is 0 Å². The summed E-state index contributed by atoms with van der Waals surface area (Å²) in [6, 6.07) is -0.415. The second kappa shape index (κ2) is 7.78. The van der Waals surface area contributed by atoms with Crippen molar-refractivity contribution < 1.29 is 9.59 Å². The van der Waals surface area contributed by atoms with E-state index >= 15 is 0 Å². The molecule has 1 atom stereocenters. The number of guanidine groups is 1. The van der Waals surface area contributed by atoms with Crippen molar-refractivity contribution >= 4 is 18.2 Å². The summed E-state index contributed by atoms with van der Waals surface area (Å²) in [5, 5.41) is 2.48. The van der Waals surface area contributed by atoms with E-state index in [1.54, 1.807) is 6.92 Å². The molecule has 5 N–H and O–H groups in total. The molecule has 0 saturated heterocycles. The van der Waals surface area contributed by atoms with Crippen LogP contribution in [0.2, 0.25) is 0 Å². The summed E-state index contributed by atoms with van der Waals surface area (Å²) >= 11 is 0. The van der Waals surface area contributed by atoms with Gasteiger partial charge in [-0.1, -0.05) is 6.92 Å². The lowest BCUT2D eigenvalue weighted by molar-refractivity contribution is -0.123. The Kier molecular flexibility index (Phi) is 6.96. The van der Waals surface area contributed by atoms with E-state index in [0.29, 0.717) is 32.2 Å². The summed E-state index contributed by atoms with van der Waals surface area (Å²) in [6.45, 7) is 2.23. The zero-order chi connectivity index (χ0) is 11.7. The van der Waals surface area contributed by atoms with Gasteiger partial charge in [0, 0.05) is 13.0 Å². The number of rotatable bonds is 8. The van der Waals surface area contributed by atoms with Crippen molar-refractivity contribution in [2.75, 3.05) is 6.54 Å². The Bertz CT molecular complexity index is 236. The van der Waals surface area contributed by atoms with Crippen LogP contribution in [0.5, 0.6) is 0 Å². The molecular formula is C9H18N4O2. The Balaban J connectivity index is 3.91. The molecule has 0 aliphatic heterocycles. The molecule has 0 aromatic rings. The maximum atomic E-state index is 11.3. The van der Waals surface area contributed by atoms with Crippen molar-refractivity contribution in [2.24, 2.45) is 16.5 Å². The number of ketones is 1. The van der Waals surface area contributed by atoms with Gasteiger partial charge in [-0.3, -0.25) is 14.6 Å². The summed E-state index contributed by atoms with van der Waals surface area (Å²) in [5.74, 6) is 0.0588. The Morgan fingerprint density at radius 3 is 2.67 bits per heavy atom. The molecule has 0 spiro atoms. The number of nitrogens with zero attached hydrogens (tertiary/aromatic N) is 1. The third-order valence-electron chi connectivity index (χ3n) is 1.95. The molecular weight excluding hydrogens is 196 g/mol. The minimum atomic E-state index is -0.415. The van der Waals surface area contributed by atoms with Crippen molar-refractivity contribution in [3.8, 4) is 0 Å². The smallest absolute Gasteiger partial charge is 0.207 e. The largest absolute Gasteiger partial charge is 0.370 e. The first-order valence-corrected chi connectivity index (χ1v) is 4.89. The van der Waals surface area contributed by atoms with Crippen molar-refractivity contribution in [1.82, 2.24) is 5.32 Å². The topological polar surface area (TPSA) is 111 Å². The first-order valence-electron chi connectivity index (χ1n) is 4.89. The zero-order valence-electron chi connectivity index (χ0n) is 8.90. The fourth-order valence-corrected chi connectivity index (χ4v) is 1.17. The van der Waals surface area contributed by atoms with Crippen LogP contribution in [0, 0.1) is 0 Å². The second-order valence-electron chi connectivity index (χ2n) is 3.11. The molecule has 6 heteroatoms. The third-order valence-corrected chi connectivity index (χ3v) is 1.95. The van der Waals surface area contributed by atoms with Gasteiger partial charge in [-0.25, -0.2) is 0 Å². The molecule has 0 rings (SSSR count). The standard InChI is InChI=1S/C9H18N4O2/c1-2-8(15)7(13-6-14)4-3-5-12-9(10)11/h6-7H,2-5H2,1H3,(H,13,14)(H4,10,11,12). The number of nitrogens with one attached hydrogen (secondary N) is 1. The molecule has 0 aliphatic carbocycles. The number of carbonyl (C=O) groups is 2. The van der Waals surface area contributed by atoms with Gasteiger partial charge in [0.05, 0.1) is 6.04 Å². The molecule has 1 unspecified atom stereocenters. The number of aliphatic imine (C=N–C) groups is 1. The van der Waals surface area contributed by atoms with Crippen LogP contribution in [0.25, 0.3) is 0 Å². The van der Waals surface area contributed by atoms with E-state index in [9.17, 15) is 9.59 Å². The molecule has 0 fully saturated rings. The SMILES string of the molecule is CCC(=O)C(CCCN=C(N)N)NC=O. The fourth-order valence-electron chi connectivity index (χ4n) is 1.17. The summed E-state index contributed by atoms with van der Waals surface area (Å²) in [6.07, 6.45) is 2.17. The van der Waals surface area contributed by atoms with E-state index in [2.05, 4.69) is 10.3 Å². The zero-order valence-corrected chi connectivity index (χ0v) is 8.90. The summed E-state index contributed by atoms with van der Waals surface area (Å²) in [4.78, 5) is 25.4. The molecule has 0 aliphatic rings. The predicted molar refractivity (Wildman–Crippen MR) is 58.2 cm³/mol. The number of carbonyl (C=O) groups excluding carboxylic acids is 2. The quantitative estimate of drug-likeness (QED) is 0.211. The molecule has 15 heavy (non-hydrogen) atoms. The molecule has 6 nitrogen and oxygen atoms in total. The monoisotopic (exact) mass is 214 g/mol. The van der Waals surface area contributed by atoms with Crippen LogP contribution >= 0.6 is 0 Å². The molecule has 86 valence electrons. The van der Waals surface area contributed by atoms with Crippen LogP contribution in [0.1, 0.15) is 26.2 Å². The van der Waals surface area contributed by atoms with Crippen molar-refractivity contribution in [2.45, 2.75) is 32.2 Å². The van der Waals surface area contributed by atoms with Gasteiger partial charge in [0.15, 0.2) is 11.7 Å². The van der Waals surface area contributed by atoms with Crippen LogP contribution in [-0.4, -0.2) is 30.7 Å². The fraction of sp³-hybridized carbons (Fsp3) is 0.667. The van der Waals surface area contributed by atoms with Crippen molar-refractivity contribution in [3.63, 3.8) is 0 Å². The molecule has 0 radical (unpaired) electrons. The number of Topliss-reactive ketones (excluding diaryl/α,β-unsaturated/α-hetero) is 1. The highest BCUT2D eigenvalue weighted by molar-refractivity contribution is 5.85. The first-order chi connectivity index (χ1) is 7.11. The lowest BCUT2D eigenvalue weighted by Gasteiger charge is -2.12. The van der Waals surface area contributed by atoms with Crippen LogP contribution in [0.3, 0.4) is 0 Å². The Labute approximate surface area is 89.1 Å². The summed E-state index contributed by atoms with van der Waals surface area (Å²) < 4.78 is 0. The van der Waals surface area contributed by atoms with Gasteiger partial charge in [-0.05, 0) is 12.8 Å². The lowest BCUT2D eigenvalue weighted by atomic mass is 10.1. The Morgan fingerprint density at radius 2 is 2.20 bits per heavy atom. The number of amides is 1. The Hall–Kier alpha value is -1.59. The predicted octanol–water partition coefficient (Wildman–Crippen LogP) is -0.866. The third kappa shape index (κ3) is 6.48. The van der Waals surface area contributed by atoms with Crippen LogP contribution in [-0.2, 0) is 9.59 Å². The van der Waals surface area contributed by atoms with E-state index < -0.39 is 6.04 Å². The van der Waals surface area contributed by atoms with Crippen molar-refractivity contribution in [3.05, 3.63) is 0 Å². The molecule has 0 aromatic heterocycles. The van der Waals surface area contributed by atoms with E-state index in [1.807, 2.05) is 0 Å². The van der Waals surface area contributed by atoms with Gasteiger partial charge < -0.3 is 16.8 Å². The van der Waals surface area contributed by atoms with Crippen LogP contribution in [0.4, 0.5) is 0 Å². The highest BCUT2D eigenvalue weighted by atomic mass is 16.1. The Morgan fingerprint density at radius 1 is 1.53 bits per heavy atom. The van der Waals surface area contributed by atoms with Gasteiger partial charge in [0.1, 0.15) is 0 Å². The highest BCUT2D eigenvalue weighted by Gasteiger charge is 2.14. The molecule has 1 amide bonds. The second-order valence-corrected chi connectivity index (χ2v) is 3.11. The average molecular weight is 214 g/mol. The lowest BCUT2D eigenvalue weighted by Crippen LogP contribution is -2.35. The average Bonchev–Trinajstić information content (AvgIpc) is 2.21. The van der Waals surface area contributed by atoms with Crippen molar-refractivity contribution in [1.29, 1.82) is 0 Å². The van der Waals surface area contributed by atoms with Gasteiger partial charge in [-0.15, -0.1) is 0 Å². The van der Waals surface area contributed by atoms with E-state index in [-0.39, 0.29) is 11.7 Å². The number of hydrogen-bond donors (Lipinski definition) is 3. The van der Waals surface area contributed by atoms with E-state index in [4.69, 9.17) is 11.5 Å².